The molecule has 10 nitrogen and oxygen atoms in total. The van der Waals surface area contributed by atoms with E-state index in [-0.39, 0.29) is 11.5 Å². The predicted molar refractivity (Wildman–Crippen MR) is 122 cm³/mol. The summed E-state index contributed by atoms with van der Waals surface area (Å²) in [5.41, 5.74) is 11.4. The highest BCUT2D eigenvalue weighted by molar-refractivity contribution is 8.03. The zero-order valence-corrected chi connectivity index (χ0v) is 19.5. The molecule has 1 aliphatic heterocycles. The predicted octanol–water partition coefficient (Wildman–Crippen LogP) is 0.832. The number of aliphatic imine (C=N–C) groups is 1. The Hall–Kier alpha value is -3.73. The first kappa shape index (κ1) is 27.5. The van der Waals surface area contributed by atoms with Gasteiger partial charge in [0.1, 0.15) is 6.54 Å². The molecule has 188 valence electrons. The first-order chi connectivity index (χ1) is 16.3. The Kier molecular flexibility index (Phi) is 9.12. The summed E-state index contributed by atoms with van der Waals surface area (Å²) in [4.78, 5) is 54.6. The third kappa shape index (κ3) is 7.64. The van der Waals surface area contributed by atoms with E-state index >= 15 is 0 Å². The molecule has 0 spiro atoms. The number of nitrogens with zero attached hydrogens (tertiary/aromatic N) is 3. The Bertz CT molecular complexity index is 1110. The largest absolute Gasteiger partial charge is 0.491 e. The number of halogens is 3. The molecule has 1 aliphatic rings. The van der Waals surface area contributed by atoms with Crippen molar-refractivity contribution in [1.29, 1.82) is 0 Å². The fraction of sp³-hybridized carbons (Fsp3) is 0.381. The Labute approximate surface area is 202 Å². The van der Waals surface area contributed by atoms with Crippen molar-refractivity contribution in [3.63, 3.8) is 0 Å². The van der Waals surface area contributed by atoms with Crippen LogP contribution >= 0.6 is 11.8 Å². The molecule has 1 aromatic carbocycles. The molecule has 2 rings (SSSR count). The van der Waals surface area contributed by atoms with Crippen LogP contribution in [0.2, 0.25) is 0 Å². The number of guanidine groups is 1. The summed E-state index contributed by atoms with van der Waals surface area (Å²) in [6.45, 7) is 1.29. The van der Waals surface area contributed by atoms with Crippen LogP contribution in [0.4, 0.5) is 18.9 Å². The minimum absolute atomic E-state index is 0.0273. The molecular formula is C21H22F3N5O5S. The van der Waals surface area contributed by atoms with Gasteiger partial charge in [0.2, 0.25) is 5.91 Å². The fourth-order valence-corrected chi connectivity index (χ4v) is 3.44. The van der Waals surface area contributed by atoms with Crippen molar-refractivity contribution in [2.75, 3.05) is 30.8 Å². The van der Waals surface area contributed by atoms with Crippen LogP contribution in [0.1, 0.15) is 29.3 Å². The number of carbonyl (C=O) groups excluding carboxylic acids is 4. The van der Waals surface area contributed by atoms with Gasteiger partial charge < -0.3 is 26.0 Å². The third-order valence-corrected chi connectivity index (χ3v) is 5.35. The SMILES string of the molecule is CC(CC(=O)OC(=O)C(F)(F)F)N1CC(=O)N(C)c2ccc(C#CSCCN=C(N)N)cc2C1=O. The Morgan fingerprint density at radius 3 is 2.60 bits per heavy atom. The first-order valence-electron chi connectivity index (χ1n) is 10.0. The van der Waals surface area contributed by atoms with Crippen molar-refractivity contribution in [2.45, 2.75) is 25.6 Å². The van der Waals surface area contributed by atoms with Gasteiger partial charge in [0.05, 0.1) is 24.2 Å². The lowest BCUT2D eigenvalue weighted by molar-refractivity contribution is -0.202. The number of hydrogen-bond donors (Lipinski definition) is 2. The van der Waals surface area contributed by atoms with E-state index in [1.54, 1.807) is 12.1 Å². The zero-order valence-electron chi connectivity index (χ0n) is 18.7. The van der Waals surface area contributed by atoms with E-state index in [0.717, 1.165) is 4.90 Å². The van der Waals surface area contributed by atoms with E-state index in [1.807, 2.05) is 0 Å². The molecule has 0 bridgehead atoms. The molecule has 1 unspecified atom stereocenters. The number of thioether (sulfide) groups is 1. The lowest BCUT2D eigenvalue weighted by Gasteiger charge is -2.26. The van der Waals surface area contributed by atoms with Gasteiger partial charge in [-0.15, -0.1) is 0 Å². The van der Waals surface area contributed by atoms with Crippen LogP contribution in [0.3, 0.4) is 0 Å². The van der Waals surface area contributed by atoms with E-state index in [1.165, 1.54) is 36.7 Å². The molecule has 1 aromatic rings. The molecule has 0 aromatic heterocycles. The number of nitrogens with two attached hydrogens (primary N) is 2. The quantitative estimate of drug-likeness (QED) is 0.142. The third-order valence-electron chi connectivity index (χ3n) is 4.72. The first-order valence-corrected chi connectivity index (χ1v) is 11.0. The smallest absolute Gasteiger partial charge is 0.386 e. The summed E-state index contributed by atoms with van der Waals surface area (Å²) >= 11 is 1.25. The summed E-state index contributed by atoms with van der Waals surface area (Å²) in [5, 5.41) is 2.85. The van der Waals surface area contributed by atoms with E-state index in [4.69, 9.17) is 11.5 Å². The van der Waals surface area contributed by atoms with Gasteiger partial charge in [-0.1, -0.05) is 17.7 Å². The van der Waals surface area contributed by atoms with Crippen LogP contribution in [0.25, 0.3) is 0 Å². The number of benzene rings is 1. The molecule has 2 amide bonds. The maximum Gasteiger partial charge on any atom is 0.491 e. The maximum absolute atomic E-state index is 13.2. The summed E-state index contributed by atoms with van der Waals surface area (Å²) < 4.78 is 40.8. The van der Waals surface area contributed by atoms with E-state index in [0.29, 0.717) is 23.5 Å². The number of carbonyl (C=O) groups is 4. The molecule has 14 heteroatoms. The van der Waals surface area contributed by atoms with Crippen LogP contribution in [0.15, 0.2) is 23.2 Å². The minimum Gasteiger partial charge on any atom is -0.386 e. The highest BCUT2D eigenvalue weighted by Crippen LogP contribution is 2.27. The summed E-state index contributed by atoms with van der Waals surface area (Å²) in [6, 6.07) is 3.60. The van der Waals surface area contributed by atoms with Crippen molar-refractivity contribution >= 4 is 47.2 Å². The second-order valence-electron chi connectivity index (χ2n) is 7.31. The average Bonchev–Trinajstić information content (AvgIpc) is 2.85. The number of ether oxygens (including phenoxy) is 1. The van der Waals surface area contributed by atoms with Crippen molar-refractivity contribution in [2.24, 2.45) is 16.5 Å². The molecule has 0 aliphatic carbocycles. The molecule has 0 fully saturated rings. The summed E-state index contributed by atoms with van der Waals surface area (Å²) in [6.07, 6.45) is -6.07. The van der Waals surface area contributed by atoms with Crippen LogP contribution in [0.5, 0.6) is 0 Å². The van der Waals surface area contributed by atoms with Crippen molar-refractivity contribution in [3.8, 4) is 11.2 Å². The highest BCUT2D eigenvalue weighted by atomic mass is 32.2. The molecule has 4 N–H and O–H groups in total. The van der Waals surface area contributed by atoms with Gasteiger partial charge in [-0.2, -0.15) is 13.2 Å². The van der Waals surface area contributed by atoms with Crippen LogP contribution in [-0.2, 0) is 19.1 Å². The topological polar surface area (TPSA) is 148 Å². The van der Waals surface area contributed by atoms with Crippen LogP contribution in [0, 0.1) is 11.2 Å². The van der Waals surface area contributed by atoms with Crippen molar-refractivity contribution in [3.05, 3.63) is 29.3 Å². The van der Waals surface area contributed by atoms with Crippen molar-refractivity contribution < 1.29 is 37.1 Å². The summed E-state index contributed by atoms with van der Waals surface area (Å²) in [5.74, 6) is -1.88. The van der Waals surface area contributed by atoms with E-state index in [2.05, 4.69) is 20.9 Å². The number of alkyl halides is 3. The Morgan fingerprint density at radius 2 is 1.97 bits per heavy atom. The van der Waals surface area contributed by atoms with Gasteiger partial charge in [0.25, 0.3) is 5.91 Å². The normalized spacial score (nSPS) is 14.3. The number of esters is 2. The Balaban J connectivity index is 2.21. The lowest BCUT2D eigenvalue weighted by atomic mass is 10.1. The van der Waals surface area contributed by atoms with Gasteiger partial charge in [0.15, 0.2) is 5.96 Å². The maximum atomic E-state index is 13.2. The highest BCUT2D eigenvalue weighted by Gasteiger charge is 2.43. The molecule has 35 heavy (non-hydrogen) atoms. The fourth-order valence-electron chi connectivity index (χ4n) is 2.97. The molecule has 1 heterocycles. The summed E-state index contributed by atoms with van der Waals surface area (Å²) in [7, 11) is 1.46. The number of likely N-dealkylation sites (N-methyl/N-ethyl adjacent to an activating group) is 1. The number of hydrogen-bond acceptors (Lipinski definition) is 7. The molecule has 1 atom stereocenters. The number of fused-ring (bicyclic) bond motifs is 1. The molecule has 0 saturated carbocycles. The average molecular weight is 513 g/mol. The van der Waals surface area contributed by atoms with Crippen molar-refractivity contribution in [1.82, 2.24) is 4.90 Å². The van der Waals surface area contributed by atoms with Gasteiger partial charge in [-0.25, -0.2) is 4.79 Å². The second-order valence-corrected chi connectivity index (χ2v) is 8.21. The van der Waals surface area contributed by atoms with Gasteiger partial charge in [-0.3, -0.25) is 19.4 Å². The molecule has 0 radical (unpaired) electrons. The number of anilines is 1. The number of amides is 2. The van der Waals surface area contributed by atoms with Gasteiger partial charge in [-0.05, 0) is 30.4 Å². The van der Waals surface area contributed by atoms with E-state index < -0.39 is 48.9 Å². The van der Waals surface area contributed by atoms with Gasteiger partial charge in [0, 0.05) is 24.4 Å². The monoisotopic (exact) mass is 513 g/mol. The molecular weight excluding hydrogens is 491 g/mol. The number of rotatable bonds is 6. The van der Waals surface area contributed by atoms with E-state index in [9.17, 15) is 32.3 Å². The van der Waals surface area contributed by atoms with Crippen LogP contribution < -0.4 is 16.4 Å². The van der Waals surface area contributed by atoms with Crippen LogP contribution in [-0.4, -0.2) is 72.7 Å². The standard InChI is InChI=1S/C21H22F3N5O5S/c1-12(9-17(31)34-19(33)21(22,23)24)29-11-16(30)28(2)15-4-3-13(10-14(15)18(29)32)5-7-35-8-6-27-20(25)26/h3-4,10,12H,6,8-9,11H2,1-2H3,(H4,25,26,27). The lowest BCUT2D eigenvalue weighted by Crippen LogP contribution is -2.44. The zero-order chi connectivity index (χ0) is 26.3. The Morgan fingerprint density at radius 1 is 1.29 bits per heavy atom. The van der Waals surface area contributed by atoms with Gasteiger partial charge >= 0.3 is 18.1 Å². The molecule has 0 saturated heterocycles. The minimum atomic E-state index is -5.34. The second kappa shape index (κ2) is 11.6.